The molecule has 12 nitrogen and oxygen atoms in total. The number of carbonyl (C=O) groups excluding carboxylic acids is 5. The molecular weight excluding hydrogens is 504 g/mol. The van der Waals surface area contributed by atoms with Gasteiger partial charge < -0.3 is 37.1 Å². The Morgan fingerprint density at radius 3 is 2.10 bits per heavy atom. The zero-order chi connectivity index (χ0) is 29.4. The van der Waals surface area contributed by atoms with Gasteiger partial charge in [0.2, 0.25) is 17.7 Å². The van der Waals surface area contributed by atoms with Crippen molar-refractivity contribution in [2.45, 2.75) is 72.6 Å². The van der Waals surface area contributed by atoms with Crippen molar-refractivity contribution in [3.63, 3.8) is 0 Å². The maximum atomic E-state index is 13.2. The average Bonchev–Trinajstić information content (AvgIpc) is 2.88. The molecule has 0 aliphatic heterocycles. The third-order valence-corrected chi connectivity index (χ3v) is 5.77. The van der Waals surface area contributed by atoms with Crippen LogP contribution >= 0.6 is 0 Å². The fourth-order valence-electron chi connectivity index (χ4n) is 3.48. The molecule has 7 N–H and O–H groups in total. The van der Waals surface area contributed by atoms with Crippen LogP contribution in [0.5, 0.6) is 0 Å². The first-order valence-corrected chi connectivity index (χ1v) is 13.3. The first-order valence-electron chi connectivity index (χ1n) is 13.3. The van der Waals surface area contributed by atoms with Crippen molar-refractivity contribution >= 4 is 35.4 Å². The van der Waals surface area contributed by atoms with Gasteiger partial charge in [0.1, 0.15) is 12.6 Å². The lowest BCUT2D eigenvalue weighted by Crippen LogP contribution is -2.54. The van der Waals surface area contributed by atoms with E-state index in [1.165, 1.54) is 0 Å². The highest BCUT2D eigenvalue weighted by molar-refractivity contribution is 5.97. The van der Waals surface area contributed by atoms with E-state index in [2.05, 4.69) is 26.6 Å². The normalized spacial score (nSPS) is 12.4. The van der Waals surface area contributed by atoms with Gasteiger partial charge in [-0.05, 0) is 36.5 Å². The lowest BCUT2D eigenvalue weighted by molar-refractivity contribution is -0.144. The van der Waals surface area contributed by atoms with Crippen molar-refractivity contribution in [3.05, 3.63) is 29.8 Å². The number of benzene rings is 1. The van der Waals surface area contributed by atoms with Crippen LogP contribution in [0.1, 0.15) is 59.4 Å². The minimum atomic E-state index is -0.874. The highest BCUT2D eigenvalue weighted by Crippen LogP contribution is 2.13. The molecule has 0 heterocycles. The maximum Gasteiger partial charge on any atom is 0.312 e. The second-order valence-corrected chi connectivity index (χ2v) is 9.82. The zero-order valence-electron chi connectivity index (χ0n) is 23.6. The molecule has 12 heteroatoms. The van der Waals surface area contributed by atoms with E-state index in [-0.39, 0.29) is 55.6 Å². The Kier molecular flexibility index (Phi) is 15.2. The molecule has 5 amide bonds. The summed E-state index contributed by atoms with van der Waals surface area (Å²) in [6.07, 6.45) is 0.959. The first-order chi connectivity index (χ1) is 18.4. The number of nitrogens with one attached hydrogen (secondary N) is 5. The Labute approximate surface area is 230 Å². The van der Waals surface area contributed by atoms with Crippen molar-refractivity contribution in [2.75, 3.05) is 25.0 Å². The number of esters is 1. The highest BCUT2D eigenvalue weighted by Gasteiger charge is 2.27. The topological polar surface area (TPSA) is 181 Å². The van der Waals surface area contributed by atoms with E-state index in [9.17, 15) is 24.0 Å². The zero-order valence-corrected chi connectivity index (χ0v) is 23.6. The Hall–Kier alpha value is -3.67. The molecule has 218 valence electrons. The van der Waals surface area contributed by atoms with Crippen LogP contribution in [0.15, 0.2) is 24.3 Å². The molecule has 0 aliphatic carbocycles. The van der Waals surface area contributed by atoms with Gasteiger partial charge in [0.15, 0.2) is 0 Å². The second-order valence-electron chi connectivity index (χ2n) is 9.82. The summed E-state index contributed by atoms with van der Waals surface area (Å²) in [5.41, 5.74) is 6.40. The van der Waals surface area contributed by atoms with E-state index in [0.717, 1.165) is 5.56 Å². The van der Waals surface area contributed by atoms with Gasteiger partial charge in [0, 0.05) is 37.7 Å². The monoisotopic (exact) mass is 548 g/mol. The summed E-state index contributed by atoms with van der Waals surface area (Å²) in [6, 6.07) is 4.71. The Morgan fingerprint density at radius 2 is 1.54 bits per heavy atom. The summed E-state index contributed by atoms with van der Waals surface area (Å²) in [5.74, 6) is -1.35. The van der Waals surface area contributed by atoms with Crippen molar-refractivity contribution in [1.82, 2.24) is 21.3 Å². The lowest BCUT2D eigenvalue weighted by atomic mass is 10.0. The minimum absolute atomic E-state index is 0.0707. The Balaban J connectivity index is 2.83. The van der Waals surface area contributed by atoms with Crippen molar-refractivity contribution < 1.29 is 28.7 Å². The molecule has 0 saturated heterocycles. The molecule has 0 spiro atoms. The third-order valence-electron chi connectivity index (χ3n) is 5.77. The first kappa shape index (κ1) is 33.4. The number of nitrogens with two attached hydrogens (primary N) is 1. The Morgan fingerprint density at radius 1 is 0.872 bits per heavy atom. The second kappa shape index (κ2) is 17.8. The van der Waals surface area contributed by atoms with E-state index in [4.69, 9.17) is 10.5 Å². The molecule has 0 saturated carbocycles. The quantitative estimate of drug-likeness (QED) is 0.126. The fraction of sp³-hybridized carbons (Fsp3) is 0.593. The molecule has 39 heavy (non-hydrogen) atoms. The number of urea groups is 1. The van der Waals surface area contributed by atoms with Gasteiger partial charge in [-0.15, -0.1) is 0 Å². The van der Waals surface area contributed by atoms with Crippen LogP contribution in [0.4, 0.5) is 10.5 Å². The van der Waals surface area contributed by atoms with Crippen LogP contribution in [0.3, 0.4) is 0 Å². The molecule has 0 aromatic heterocycles. The van der Waals surface area contributed by atoms with Crippen LogP contribution in [-0.2, 0) is 30.5 Å². The molecular formula is C27H44N6O6. The van der Waals surface area contributed by atoms with Gasteiger partial charge in [0.05, 0.1) is 6.04 Å². The molecule has 0 fully saturated rings. The number of primary amides is 1. The molecule has 0 unspecified atom stereocenters. The number of rotatable bonds is 17. The summed E-state index contributed by atoms with van der Waals surface area (Å²) >= 11 is 0. The predicted molar refractivity (Wildman–Crippen MR) is 148 cm³/mol. The summed E-state index contributed by atoms with van der Waals surface area (Å²) in [5, 5.41) is 14.1. The minimum Gasteiger partial charge on any atom is -0.461 e. The van der Waals surface area contributed by atoms with Crippen molar-refractivity contribution in [3.8, 4) is 0 Å². The van der Waals surface area contributed by atoms with Crippen LogP contribution in [-0.4, -0.2) is 61.4 Å². The van der Waals surface area contributed by atoms with Crippen LogP contribution < -0.4 is 32.3 Å². The number of hydrogen-bond donors (Lipinski definition) is 6. The molecule has 1 aromatic carbocycles. The average molecular weight is 549 g/mol. The molecule has 1 rings (SSSR count). The fourth-order valence-corrected chi connectivity index (χ4v) is 3.48. The van der Waals surface area contributed by atoms with Gasteiger partial charge in [-0.3, -0.25) is 19.2 Å². The number of carbonyl (C=O) groups is 5. The van der Waals surface area contributed by atoms with Gasteiger partial charge in [-0.25, -0.2) is 4.79 Å². The maximum absolute atomic E-state index is 13.2. The smallest absolute Gasteiger partial charge is 0.312 e. The molecule has 0 bridgehead atoms. The predicted octanol–water partition coefficient (Wildman–Crippen LogP) is 1.40. The van der Waals surface area contributed by atoms with Crippen molar-refractivity contribution in [2.24, 2.45) is 17.6 Å². The van der Waals surface area contributed by atoms with Crippen LogP contribution in [0.25, 0.3) is 0 Å². The highest BCUT2D eigenvalue weighted by atomic mass is 16.5. The van der Waals surface area contributed by atoms with E-state index >= 15 is 0 Å². The van der Waals surface area contributed by atoms with Crippen LogP contribution in [0.2, 0.25) is 0 Å². The summed E-state index contributed by atoms with van der Waals surface area (Å²) in [6.45, 7) is 10.2. The van der Waals surface area contributed by atoms with Crippen LogP contribution in [0, 0.1) is 11.8 Å². The summed E-state index contributed by atoms with van der Waals surface area (Å²) < 4.78 is 5.11. The van der Waals surface area contributed by atoms with E-state index in [1.54, 1.807) is 45.0 Å². The molecule has 0 aliphatic rings. The molecule has 0 radical (unpaired) electrons. The molecule has 2 atom stereocenters. The van der Waals surface area contributed by atoms with Gasteiger partial charge in [0.25, 0.3) is 0 Å². The largest absolute Gasteiger partial charge is 0.461 e. The third kappa shape index (κ3) is 13.6. The van der Waals surface area contributed by atoms with E-state index < -0.39 is 24.0 Å². The number of ether oxygens (including phenoxy) is 1. The number of anilines is 1. The van der Waals surface area contributed by atoms with E-state index in [1.807, 2.05) is 13.8 Å². The molecule has 1 aromatic rings. The van der Waals surface area contributed by atoms with Gasteiger partial charge in [-0.1, -0.05) is 46.8 Å². The standard InChI is InChI=1S/C27H44N6O6/c1-6-22(34)39-16-19-9-11-20(12-10-19)32-25(36)21(8-7-13-31-27(28)38)33-26(37)23(17(2)3)29-14-15-30-24(35)18(4)5/h9-12,17-18,21,23,29H,6-8,13-16H2,1-5H3,(H,30,35)(H,32,36)(H,33,37)(H3,28,31,38)/t21-,23-/m1/s1. The van der Waals surface area contributed by atoms with E-state index in [0.29, 0.717) is 25.2 Å². The van der Waals surface area contributed by atoms with Gasteiger partial charge in [-0.2, -0.15) is 0 Å². The number of hydrogen-bond acceptors (Lipinski definition) is 7. The lowest BCUT2D eigenvalue weighted by Gasteiger charge is -2.25. The summed E-state index contributed by atoms with van der Waals surface area (Å²) in [4.78, 5) is 60.4. The SMILES string of the molecule is CCC(=O)OCc1ccc(NC(=O)[C@@H](CCCNC(N)=O)NC(=O)[C@H](NCCNC(=O)C(C)C)C(C)C)cc1. The Bertz CT molecular complexity index is 951. The van der Waals surface area contributed by atoms with Crippen molar-refractivity contribution in [1.29, 1.82) is 0 Å². The summed E-state index contributed by atoms with van der Waals surface area (Å²) in [7, 11) is 0. The number of amides is 5. The van der Waals surface area contributed by atoms with Gasteiger partial charge >= 0.3 is 12.0 Å².